The van der Waals surface area contributed by atoms with Crippen molar-refractivity contribution in [2.45, 2.75) is 91.6 Å². The Kier molecular flexibility index (Phi) is 10.7. The van der Waals surface area contributed by atoms with E-state index in [1.54, 1.807) is 26.8 Å². The Bertz CT molecular complexity index is 938. The molecule has 1 aliphatic rings. The van der Waals surface area contributed by atoms with Crippen LogP contribution in [0.4, 0.5) is 0 Å². The molecule has 1 aromatic heterocycles. The maximum atomic E-state index is 13.2. The van der Waals surface area contributed by atoms with Gasteiger partial charge in [-0.05, 0) is 38.2 Å². The summed E-state index contributed by atoms with van der Waals surface area (Å²) in [6.07, 6.45) is 4.36. The summed E-state index contributed by atoms with van der Waals surface area (Å²) in [4.78, 5) is 30.1. The Balaban J connectivity index is 2.33. The molecule has 0 aromatic carbocycles. The molecule has 4 N–H and O–H groups in total. The molecular weight excluding hydrogens is 472 g/mol. The first kappa shape index (κ1) is 29.2. The number of cyclic esters (lactones) is 1. The zero-order chi connectivity index (χ0) is 26.3. The lowest BCUT2D eigenvalue weighted by Gasteiger charge is -2.34. The molecule has 35 heavy (non-hydrogen) atoms. The van der Waals surface area contributed by atoms with Crippen LogP contribution in [0, 0.1) is 17.3 Å². The number of aliphatic hydroxyl groups is 2. The summed E-state index contributed by atoms with van der Waals surface area (Å²) < 4.78 is 10.9. The van der Waals surface area contributed by atoms with Gasteiger partial charge in [0.1, 0.15) is 23.8 Å². The highest BCUT2D eigenvalue weighted by Gasteiger charge is 2.42. The summed E-state index contributed by atoms with van der Waals surface area (Å²) in [5.74, 6) is -1.39. The quantitative estimate of drug-likeness (QED) is 0.408. The number of rotatable bonds is 3. The van der Waals surface area contributed by atoms with Crippen LogP contribution >= 0.6 is 11.6 Å². The molecule has 0 aliphatic carbocycles. The van der Waals surface area contributed by atoms with Gasteiger partial charge >= 0.3 is 5.97 Å². The molecular formula is C26H39ClN2O6. The molecule has 9 heteroatoms. The van der Waals surface area contributed by atoms with Gasteiger partial charge in [0.15, 0.2) is 0 Å². The van der Waals surface area contributed by atoms with E-state index in [0.717, 1.165) is 24.8 Å². The number of oxazole rings is 1. The zero-order valence-corrected chi connectivity index (χ0v) is 22.0. The van der Waals surface area contributed by atoms with Gasteiger partial charge in [-0.1, -0.05) is 50.9 Å². The van der Waals surface area contributed by atoms with Gasteiger partial charge in [-0.15, -0.1) is 0 Å². The minimum Gasteiger partial charge on any atom is -0.456 e. The third-order valence-corrected chi connectivity index (χ3v) is 7.21. The fourth-order valence-electron chi connectivity index (χ4n) is 4.24. The van der Waals surface area contributed by atoms with Crippen LogP contribution in [0.25, 0.3) is 6.08 Å². The van der Waals surface area contributed by atoms with E-state index in [0.29, 0.717) is 18.0 Å². The smallest absolute Gasteiger partial charge is 0.309 e. The van der Waals surface area contributed by atoms with Crippen molar-refractivity contribution in [2.24, 2.45) is 23.0 Å². The van der Waals surface area contributed by atoms with Crippen molar-refractivity contribution < 1.29 is 29.0 Å². The van der Waals surface area contributed by atoms with Gasteiger partial charge in [0, 0.05) is 12.3 Å². The van der Waals surface area contributed by atoms with Crippen LogP contribution in [0.15, 0.2) is 27.4 Å². The highest BCUT2D eigenvalue weighted by molar-refractivity contribution is 6.32. The van der Waals surface area contributed by atoms with Gasteiger partial charge < -0.3 is 25.1 Å². The van der Waals surface area contributed by atoms with E-state index >= 15 is 0 Å². The average Bonchev–Trinajstić information content (AvgIpc) is 3.26. The Morgan fingerprint density at radius 1 is 1.31 bits per heavy atom. The number of carbonyl (C=O) groups is 2. The van der Waals surface area contributed by atoms with Gasteiger partial charge in [0.2, 0.25) is 5.89 Å². The summed E-state index contributed by atoms with van der Waals surface area (Å²) in [6, 6.07) is 0. The second kappa shape index (κ2) is 12.8. The summed E-state index contributed by atoms with van der Waals surface area (Å²) in [7, 11) is 0. The first-order chi connectivity index (χ1) is 16.4. The van der Waals surface area contributed by atoms with E-state index < -0.39 is 35.6 Å². The minimum atomic E-state index is -1.29. The number of allylic oxidation sites excluding steroid dienone is 1. The van der Waals surface area contributed by atoms with Crippen molar-refractivity contribution in [1.82, 2.24) is 4.98 Å². The van der Waals surface area contributed by atoms with Gasteiger partial charge in [-0.25, -0.2) is 4.98 Å². The van der Waals surface area contributed by atoms with Crippen molar-refractivity contribution in [3.8, 4) is 0 Å². The van der Waals surface area contributed by atoms with E-state index in [1.165, 1.54) is 6.26 Å². The Labute approximate surface area is 212 Å². The predicted molar refractivity (Wildman–Crippen MR) is 134 cm³/mol. The van der Waals surface area contributed by atoms with Crippen molar-refractivity contribution in [3.05, 3.63) is 34.5 Å². The van der Waals surface area contributed by atoms with Crippen LogP contribution in [0.3, 0.4) is 0 Å². The lowest BCUT2D eigenvalue weighted by atomic mass is 9.73. The van der Waals surface area contributed by atoms with E-state index in [4.69, 9.17) is 26.5 Å². The largest absolute Gasteiger partial charge is 0.456 e. The molecule has 0 saturated heterocycles. The van der Waals surface area contributed by atoms with Crippen molar-refractivity contribution in [1.29, 1.82) is 0 Å². The summed E-state index contributed by atoms with van der Waals surface area (Å²) in [5, 5.41) is 21.8. The molecule has 1 aromatic rings. The molecule has 5 unspecified atom stereocenters. The zero-order valence-electron chi connectivity index (χ0n) is 21.3. The molecule has 0 radical (unpaired) electrons. The molecule has 0 saturated carbocycles. The fraction of sp³-hybridized carbons (Fsp3) is 0.654. The predicted octanol–water partition coefficient (Wildman–Crippen LogP) is 4.12. The Morgan fingerprint density at radius 2 is 2.00 bits per heavy atom. The van der Waals surface area contributed by atoms with Crippen LogP contribution in [0.1, 0.15) is 78.3 Å². The molecule has 2 rings (SSSR count). The molecule has 196 valence electrons. The number of hydrogen-bond donors (Lipinski definition) is 3. The molecule has 1 aliphatic heterocycles. The van der Waals surface area contributed by atoms with E-state index in [2.05, 4.69) is 4.98 Å². The van der Waals surface area contributed by atoms with E-state index in [-0.39, 0.29) is 29.7 Å². The standard InChI is InChI=1S/C26H39ClN2O6/c1-15-7-6-8-16(2)24(32)17(3)25(33)26(4,5)21(30)12-23(31)35-20(10-9-15)19(27)11-18-14-34-22(13-28)29-18/h9,11,14,16-17,20-21,24,30,32H,6-8,10,12-13,28H2,1-5H3. The van der Waals surface area contributed by atoms with Crippen LogP contribution in [0.5, 0.6) is 0 Å². The van der Waals surface area contributed by atoms with Crippen LogP contribution < -0.4 is 5.73 Å². The lowest BCUT2D eigenvalue weighted by molar-refractivity contribution is -0.153. The number of esters is 1. The maximum absolute atomic E-state index is 13.2. The molecule has 0 spiro atoms. The Morgan fingerprint density at radius 3 is 2.63 bits per heavy atom. The third kappa shape index (κ3) is 8.00. The van der Waals surface area contributed by atoms with Gasteiger partial charge in [0.25, 0.3) is 0 Å². The number of aliphatic hydroxyl groups excluding tert-OH is 2. The first-order valence-electron chi connectivity index (χ1n) is 12.1. The normalized spacial score (nSPS) is 30.0. The first-order valence-corrected chi connectivity index (χ1v) is 12.5. The summed E-state index contributed by atoms with van der Waals surface area (Å²) in [6.45, 7) is 8.90. The molecule has 0 fully saturated rings. The third-order valence-electron chi connectivity index (χ3n) is 6.86. The van der Waals surface area contributed by atoms with E-state index in [9.17, 15) is 19.8 Å². The fourth-order valence-corrected chi connectivity index (χ4v) is 4.48. The number of nitrogens with zero attached hydrogens (tertiary/aromatic N) is 1. The number of Topliss-reactive ketones (excluding diaryl/α,β-unsaturated/α-hetero) is 1. The molecule has 5 atom stereocenters. The SMILES string of the molecule is CC1=CCC(C(Cl)=Cc2coc(CN)n2)OC(=O)CC(O)C(C)(C)C(=O)C(C)C(O)C(C)CCC1. The van der Waals surface area contributed by atoms with Gasteiger partial charge in [-0.2, -0.15) is 0 Å². The molecule has 2 heterocycles. The molecule has 0 bridgehead atoms. The average molecular weight is 511 g/mol. The highest BCUT2D eigenvalue weighted by atomic mass is 35.5. The maximum Gasteiger partial charge on any atom is 0.309 e. The number of ether oxygens (including phenoxy) is 1. The number of carbonyl (C=O) groups excluding carboxylic acids is 2. The minimum absolute atomic E-state index is 0.0847. The topological polar surface area (TPSA) is 136 Å². The van der Waals surface area contributed by atoms with Crippen molar-refractivity contribution in [2.75, 3.05) is 0 Å². The summed E-state index contributed by atoms with van der Waals surface area (Å²) >= 11 is 6.53. The highest BCUT2D eigenvalue weighted by Crippen LogP contribution is 2.32. The van der Waals surface area contributed by atoms with Crippen LogP contribution in [-0.4, -0.2) is 45.3 Å². The van der Waals surface area contributed by atoms with Gasteiger partial charge in [0.05, 0.1) is 35.6 Å². The summed E-state index contributed by atoms with van der Waals surface area (Å²) in [5.41, 5.74) is 5.83. The van der Waals surface area contributed by atoms with Crippen LogP contribution in [-0.2, 0) is 20.9 Å². The lowest BCUT2D eigenvalue weighted by Crippen LogP contribution is -2.45. The number of hydrogen-bond acceptors (Lipinski definition) is 8. The molecule has 8 nitrogen and oxygen atoms in total. The van der Waals surface area contributed by atoms with Crippen molar-refractivity contribution in [3.63, 3.8) is 0 Å². The van der Waals surface area contributed by atoms with E-state index in [1.807, 2.05) is 19.9 Å². The number of nitrogens with two attached hydrogens (primary N) is 1. The Hall–Kier alpha value is -2.00. The van der Waals surface area contributed by atoms with Gasteiger partial charge in [-0.3, -0.25) is 9.59 Å². The second-order valence-electron chi connectivity index (χ2n) is 10.1. The monoisotopic (exact) mass is 510 g/mol. The second-order valence-corrected chi connectivity index (χ2v) is 10.6. The van der Waals surface area contributed by atoms with Crippen molar-refractivity contribution >= 4 is 29.4 Å². The molecule has 0 amide bonds. The van der Waals surface area contributed by atoms with Crippen LogP contribution in [0.2, 0.25) is 0 Å². The number of aromatic nitrogens is 1. The number of halogens is 1. The number of ketones is 1.